The quantitative estimate of drug-likeness (QED) is 0.488. The Bertz CT molecular complexity index is 607. The summed E-state index contributed by atoms with van der Waals surface area (Å²) in [6.45, 7) is 0. The van der Waals surface area contributed by atoms with Gasteiger partial charge in [-0.3, -0.25) is 10.5 Å². The number of hydrogen-bond acceptors (Lipinski definition) is 6. The van der Waals surface area contributed by atoms with Crippen molar-refractivity contribution < 1.29 is 0 Å². The Morgan fingerprint density at radius 3 is 2.95 bits per heavy atom. The largest absolute Gasteiger partial charge is 0.366 e. The number of nitrogens with two attached hydrogens (primary N) is 1. The molecule has 0 amide bonds. The molecular formula is C12H17N7. The minimum Gasteiger partial charge on any atom is -0.366 e. The van der Waals surface area contributed by atoms with Crippen LogP contribution in [0.5, 0.6) is 0 Å². The molecule has 4 rings (SSSR count). The molecule has 2 aromatic heterocycles. The van der Waals surface area contributed by atoms with Gasteiger partial charge in [0.2, 0.25) is 5.95 Å². The zero-order valence-electron chi connectivity index (χ0n) is 10.6. The average Bonchev–Trinajstić information content (AvgIpc) is 3.13. The van der Waals surface area contributed by atoms with Crippen molar-refractivity contribution in [1.29, 1.82) is 0 Å². The number of hydrogen-bond donors (Lipinski definition) is 4. The molecule has 3 atom stereocenters. The van der Waals surface area contributed by atoms with Gasteiger partial charge in [0.1, 0.15) is 5.82 Å². The van der Waals surface area contributed by atoms with E-state index in [1.165, 1.54) is 25.7 Å². The van der Waals surface area contributed by atoms with E-state index >= 15 is 0 Å². The first-order valence-electron chi connectivity index (χ1n) is 6.78. The first-order valence-corrected chi connectivity index (χ1v) is 6.78. The van der Waals surface area contributed by atoms with Crippen molar-refractivity contribution >= 4 is 22.8 Å². The van der Waals surface area contributed by atoms with E-state index in [-0.39, 0.29) is 0 Å². The number of aromatic nitrogens is 4. The van der Waals surface area contributed by atoms with Crippen molar-refractivity contribution in [1.82, 2.24) is 20.2 Å². The first kappa shape index (κ1) is 11.0. The maximum atomic E-state index is 5.41. The standard InChI is InChI=1S/C12H17N7/c13-18-12-16-10(8-5-14-19-11(8)17-12)15-9-4-6-1-2-7(9)3-6/h5-7,9H,1-4,13H2,(H3,14,15,16,17,18,19). The molecule has 7 nitrogen and oxygen atoms in total. The van der Waals surface area contributed by atoms with Crippen molar-refractivity contribution in [2.24, 2.45) is 17.7 Å². The number of hydrazine groups is 1. The first-order chi connectivity index (χ1) is 9.33. The number of rotatable bonds is 3. The third-order valence-corrected chi connectivity index (χ3v) is 4.50. The summed E-state index contributed by atoms with van der Waals surface area (Å²) in [5.74, 6) is 8.33. The third kappa shape index (κ3) is 1.73. The molecule has 100 valence electrons. The molecule has 2 saturated carbocycles. The van der Waals surface area contributed by atoms with E-state index in [0.717, 1.165) is 23.0 Å². The summed E-state index contributed by atoms with van der Waals surface area (Å²) in [7, 11) is 0. The molecule has 5 N–H and O–H groups in total. The monoisotopic (exact) mass is 259 g/mol. The molecule has 0 aromatic carbocycles. The van der Waals surface area contributed by atoms with Crippen LogP contribution in [0.1, 0.15) is 25.7 Å². The van der Waals surface area contributed by atoms with Gasteiger partial charge in [-0.05, 0) is 31.1 Å². The van der Waals surface area contributed by atoms with E-state index in [2.05, 4.69) is 30.9 Å². The summed E-state index contributed by atoms with van der Waals surface area (Å²) >= 11 is 0. The van der Waals surface area contributed by atoms with Gasteiger partial charge in [0.05, 0.1) is 11.6 Å². The molecule has 0 spiro atoms. The van der Waals surface area contributed by atoms with Crippen LogP contribution in [0.15, 0.2) is 6.20 Å². The van der Waals surface area contributed by atoms with Gasteiger partial charge in [0.25, 0.3) is 0 Å². The van der Waals surface area contributed by atoms with Crippen molar-refractivity contribution in [3.8, 4) is 0 Å². The lowest BCUT2D eigenvalue weighted by molar-refractivity contribution is 0.439. The van der Waals surface area contributed by atoms with E-state index in [0.29, 0.717) is 17.6 Å². The number of anilines is 2. The summed E-state index contributed by atoms with van der Waals surface area (Å²) in [6, 6.07) is 0.525. The van der Waals surface area contributed by atoms with Crippen molar-refractivity contribution in [2.75, 3.05) is 10.7 Å². The van der Waals surface area contributed by atoms with Gasteiger partial charge in [-0.25, -0.2) is 5.84 Å². The average molecular weight is 259 g/mol. The molecule has 19 heavy (non-hydrogen) atoms. The second-order valence-electron chi connectivity index (χ2n) is 5.60. The number of H-pyrrole nitrogens is 1. The van der Waals surface area contributed by atoms with Gasteiger partial charge in [-0.15, -0.1) is 0 Å². The smallest absolute Gasteiger partial charge is 0.241 e. The lowest BCUT2D eigenvalue weighted by Gasteiger charge is -2.23. The minimum absolute atomic E-state index is 0.405. The van der Waals surface area contributed by atoms with E-state index in [1.807, 2.05) is 0 Å². The van der Waals surface area contributed by atoms with Gasteiger partial charge in [-0.2, -0.15) is 15.1 Å². The molecule has 3 unspecified atom stereocenters. The van der Waals surface area contributed by atoms with Crippen LogP contribution in [0.25, 0.3) is 11.0 Å². The van der Waals surface area contributed by atoms with Gasteiger partial charge in [0, 0.05) is 6.04 Å². The number of fused-ring (bicyclic) bond motifs is 3. The zero-order valence-corrected chi connectivity index (χ0v) is 10.6. The fourth-order valence-corrected chi connectivity index (χ4v) is 3.61. The summed E-state index contributed by atoms with van der Waals surface area (Å²) in [4.78, 5) is 8.65. The molecule has 2 aromatic rings. The molecule has 2 aliphatic rings. The summed E-state index contributed by atoms with van der Waals surface area (Å²) in [5.41, 5.74) is 3.20. The highest BCUT2D eigenvalue weighted by molar-refractivity contribution is 5.87. The van der Waals surface area contributed by atoms with Gasteiger partial charge >= 0.3 is 0 Å². The van der Waals surface area contributed by atoms with E-state index in [1.54, 1.807) is 6.20 Å². The highest BCUT2D eigenvalue weighted by Crippen LogP contribution is 2.45. The molecule has 0 radical (unpaired) electrons. The molecule has 2 fully saturated rings. The van der Waals surface area contributed by atoms with E-state index in [4.69, 9.17) is 5.84 Å². The summed E-state index contributed by atoms with van der Waals surface area (Å²) in [6.07, 6.45) is 7.09. The van der Waals surface area contributed by atoms with Crippen molar-refractivity contribution in [3.63, 3.8) is 0 Å². The van der Waals surface area contributed by atoms with Crippen LogP contribution >= 0.6 is 0 Å². The molecule has 0 aliphatic heterocycles. The lowest BCUT2D eigenvalue weighted by atomic mass is 9.95. The predicted octanol–water partition coefficient (Wildman–Crippen LogP) is 1.24. The van der Waals surface area contributed by atoms with Crippen molar-refractivity contribution in [3.05, 3.63) is 6.20 Å². The molecule has 2 heterocycles. The second kappa shape index (κ2) is 4.06. The van der Waals surface area contributed by atoms with Crippen LogP contribution in [0.3, 0.4) is 0 Å². The van der Waals surface area contributed by atoms with Crippen LogP contribution in [0, 0.1) is 11.8 Å². The third-order valence-electron chi connectivity index (χ3n) is 4.50. The fraction of sp³-hybridized carbons (Fsp3) is 0.583. The lowest BCUT2D eigenvalue weighted by Crippen LogP contribution is -2.26. The Labute approximate surface area is 110 Å². The highest BCUT2D eigenvalue weighted by atomic mass is 15.3. The zero-order chi connectivity index (χ0) is 12.8. The minimum atomic E-state index is 0.405. The molecular weight excluding hydrogens is 242 g/mol. The number of nitrogens with one attached hydrogen (secondary N) is 3. The Morgan fingerprint density at radius 2 is 2.21 bits per heavy atom. The second-order valence-corrected chi connectivity index (χ2v) is 5.60. The molecule has 2 aliphatic carbocycles. The van der Waals surface area contributed by atoms with E-state index in [9.17, 15) is 0 Å². The Morgan fingerprint density at radius 1 is 1.26 bits per heavy atom. The maximum Gasteiger partial charge on any atom is 0.241 e. The Hall–Kier alpha value is -1.89. The van der Waals surface area contributed by atoms with Crippen LogP contribution < -0.4 is 16.6 Å². The highest BCUT2D eigenvalue weighted by Gasteiger charge is 2.39. The summed E-state index contributed by atoms with van der Waals surface area (Å²) in [5, 5.41) is 11.4. The van der Waals surface area contributed by atoms with Crippen molar-refractivity contribution in [2.45, 2.75) is 31.7 Å². The summed E-state index contributed by atoms with van der Waals surface area (Å²) < 4.78 is 0. The van der Waals surface area contributed by atoms with Gasteiger partial charge < -0.3 is 5.32 Å². The number of aromatic amines is 1. The van der Waals surface area contributed by atoms with Crippen LogP contribution in [0.4, 0.5) is 11.8 Å². The Balaban J connectivity index is 1.68. The van der Waals surface area contributed by atoms with Crippen LogP contribution in [0.2, 0.25) is 0 Å². The fourth-order valence-electron chi connectivity index (χ4n) is 3.61. The van der Waals surface area contributed by atoms with Gasteiger partial charge in [-0.1, -0.05) is 6.42 Å². The normalized spacial score (nSPS) is 29.0. The van der Waals surface area contributed by atoms with E-state index < -0.39 is 0 Å². The maximum absolute atomic E-state index is 5.41. The van der Waals surface area contributed by atoms with Crippen LogP contribution in [-0.2, 0) is 0 Å². The topological polar surface area (TPSA) is 105 Å². The van der Waals surface area contributed by atoms with Crippen LogP contribution in [-0.4, -0.2) is 26.2 Å². The van der Waals surface area contributed by atoms with Gasteiger partial charge in [0.15, 0.2) is 5.65 Å². The Kier molecular flexibility index (Phi) is 2.34. The predicted molar refractivity (Wildman–Crippen MR) is 72.4 cm³/mol. The molecule has 7 heteroatoms. The number of nitrogens with zero attached hydrogens (tertiary/aromatic N) is 3. The molecule has 2 bridgehead atoms. The number of nitrogen functional groups attached to an aromatic ring is 1. The SMILES string of the molecule is NNc1nc(NC2CC3CCC2C3)c2cn[nH]c2n1. The molecule has 0 saturated heterocycles.